The second kappa shape index (κ2) is 4.17. The lowest BCUT2D eigenvalue weighted by Crippen LogP contribution is -1.87. The third kappa shape index (κ3) is 1.46. The number of nitrogens with zero attached hydrogens (tertiary/aromatic N) is 2. The highest BCUT2D eigenvalue weighted by molar-refractivity contribution is 6.25. The molecule has 0 spiro atoms. The number of benzene rings is 2. The summed E-state index contributed by atoms with van der Waals surface area (Å²) in [6.07, 6.45) is 7.46. The minimum absolute atomic E-state index is 0.865. The summed E-state index contributed by atoms with van der Waals surface area (Å²) in [5.41, 5.74) is 0. The molecule has 0 aliphatic rings. The van der Waals surface area contributed by atoms with Crippen molar-refractivity contribution in [2.75, 3.05) is 7.11 Å². The molecule has 0 atom stereocenters. The molecular weight excluding hydrogens is 248 g/mol. The average Bonchev–Trinajstić information content (AvgIpc) is 2.54. The summed E-state index contributed by atoms with van der Waals surface area (Å²) in [4.78, 5) is 8.50. The summed E-state index contributed by atoms with van der Waals surface area (Å²) >= 11 is 0. The highest BCUT2D eigenvalue weighted by Gasteiger charge is 2.09. The predicted molar refractivity (Wildman–Crippen MR) is 81.1 cm³/mol. The van der Waals surface area contributed by atoms with Gasteiger partial charge < -0.3 is 4.74 Å². The van der Waals surface area contributed by atoms with Gasteiger partial charge in [-0.05, 0) is 45.8 Å². The average molecular weight is 260 g/mol. The maximum Gasteiger partial charge on any atom is 0.119 e. The number of fused-ring (bicyclic) bond motifs is 6. The molecule has 0 fully saturated rings. The number of pyridine rings is 2. The molecule has 0 saturated carbocycles. The van der Waals surface area contributed by atoms with Gasteiger partial charge in [0.05, 0.1) is 7.11 Å². The van der Waals surface area contributed by atoms with E-state index in [9.17, 15) is 0 Å². The highest BCUT2D eigenvalue weighted by atomic mass is 16.5. The first-order valence-corrected chi connectivity index (χ1v) is 6.45. The van der Waals surface area contributed by atoms with E-state index in [2.05, 4.69) is 28.2 Å². The van der Waals surface area contributed by atoms with Gasteiger partial charge in [0.1, 0.15) is 5.75 Å². The lowest BCUT2D eigenvalue weighted by molar-refractivity contribution is 0.415. The van der Waals surface area contributed by atoms with Crippen molar-refractivity contribution in [1.82, 2.24) is 9.97 Å². The first-order valence-electron chi connectivity index (χ1n) is 6.45. The van der Waals surface area contributed by atoms with E-state index in [1.165, 1.54) is 21.5 Å². The Morgan fingerprint density at radius 3 is 1.95 bits per heavy atom. The van der Waals surface area contributed by atoms with E-state index in [0.717, 1.165) is 16.5 Å². The fourth-order valence-corrected chi connectivity index (χ4v) is 2.80. The summed E-state index contributed by atoms with van der Waals surface area (Å²) in [5.74, 6) is 0.865. The molecule has 96 valence electrons. The molecule has 3 heteroatoms. The van der Waals surface area contributed by atoms with E-state index in [4.69, 9.17) is 4.74 Å². The van der Waals surface area contributed by atoms with Crippen LogP contribution in [0.3, 0.4) is 0 Å². The Labute approximate surface area is 115 Å². The second-order valence-electron chi connectivity index (χ2n) is 4.75. The van der Waals surface area contributed by atoms with Crippen molar-refractivity contribution in [3.63, 3.8) is 0 Å². The number of hydrogen-bond donors (Lipinski definition) is 0. The largest absolute Gasteiger partial charge is 0.497 e. The lowest BCUT2D eigenvalue weighted by Gasteiger charge is -2.10. The second-order valence-corrected chi connectivity index (χ2v) is 4.75. The third-order valence-corrected chi connectivity index (χ3v) is 3.74. The Kier molecular flexibility index (Phi) is 2.33. The van der Waals surface area contributed by atoms with Crippen molar-refractivity contribution in [2.24, 2.45) is 0 Å². The van der Waals surface area contributed by atoms with Gasteiger partial charge in [0.15, 0.2) is 0 Å². The fraction of sp³-hybridized carbons (Fsp3) is 0.0588. The van der Waals surface area contributed by atoms with E-state index in [0.29, 0.717) is 0 Å². The Morgan fingerprint density at radius 1 is 0.700 bits per heavy atom. The first kappa shape index (κ1) is 11.2. The smallest absolute Gasteiger partial charge is 0.119 e. The molecule has 0 N–H and O–H groups in total. The van der Waals surface area contributed by atoms with Crippen LogP contribution in [-0.4, -0.2) is 17.1 Å². The van der Waals surface area contributed by atoms with Gasteiger partial charge in [-0.1, -0.05) is 6.07 Å². The Morgan fingerprint density at radius 2 is 1.30 bits per heavy atom. The molecule has 20 heavy (non-hydrogen) atoms. The van der Waals surface area contributed by atoms with E-state index < -0.39 is 0 Å². The number of hydrogen-bond acceptors (Lipinski definition) is 3. The van der Waals surface area contributed by atoms with Crippen LogP contribution in [0.2, 0.25) is 0 Å². The van der Waals surface area contributed by atoms with Crippen molar-refractivity contribution in [2.45, 2.75) is 0 Å². The summed E-state index contributed by atoms with van der Waals surface area (Å²) in [5, 5.41) is 7.01. The molecule has 0 radical (unpaired) electrons. The number of methoxy groups -OCH3 is 1. The Balaban J connectivity index is 2.35. The first-order chi connectivity index (χ1) is 9.88. The predicted octanol–water partition coefficient (Wildman–Crippen LogP) is 3.94. The minimum atomic E-state index is 0.865. The highest BCUT2D eigenvalue weighted by Crippen LogP contribution is 2.35. The molecular formula is C17H12N2O. The van der Waals surface area contributed by atoms with Gasteiger partial charge in [-0.25, -0.2) is 0 Å². The number of ether oxygens (including phenoxy) is 1. The molecule has 2 aromatic heterocycles. The van der Waals surface area contributed by atoms with Crippen LogP contribution in [0.4, 0.5) is 0 Å². The van der Waals surface area contributed by atoms with Crippen LogP contribution in [0.25, 0.3) is 32.3 Å². The summed E-state index contributed by atoms with van der Waals surface area (Å²) in [6, 6.07) is 10.3. The van der Waals surface area contributed by atoms with Gasteiger partial charge in [0.25, 0.3) is 0 Å². The molecule has 2 aromatic carbocycles. The van der Waals surface area contributed by atoms with Crippen LogP contribution in [0.1, 0.15) is 0 Å². The van der Waals surface area contributed by atoms with Gasteiger partial charge in [-0.3, -0.25) is 9.97 Å². The number of aromatic nitrogens is 2. The van der Waals surface area contributed by atoms with Crippen LogP contribution >= 0.6 is 0 Å². The van der Waals surface area contributed by atoms with Crippen molar-refractivity contribution >= 4 is 32.3 Å². The molecule has 0 saturated heterocycles. The fourth-order valence-electron chi connectivity index (χ4n) is 2.80. The molecule has 4 rings (SSSR count). The Hall–Kier alpha value is -2.68. The van der Waals surface area contributed by atoms with Crippen LogP contribution in [-0.2, 0) is 0 Å². The molecule has 0 amide bonds. The van der Waals surface area contributed by atoms with E-state index >= 15 is 0 Å². The Bertz CT molecular complexity index is 912. The lowest BCUT2D eigenvalue weighted by atomic mass is 9.97. The zero-order valence-corrected chi connectivity index (χ0v) is 11.0. The summed E-state index contributed by atoms with van der Waals surface area (Å²) in [6.45, 7) is 0. The monoisotopic (exact) mass is 260 g/mol. The molecule has 0 unspecified atom stereocenters. The minimum Gasteiger partial charge on any atom is -0.497 e. The van der Waals surface area contributed by atoms with Gasteiger partial charge in [-0.2, -0.15) is 0 Å². The quantitative estimate of drug-likeness (QED) is 0.486. The zero-order chi connectivity index (χ0) is 13.5. The van der Waals surface area contributed by atoms with Crippen LogP contribution < -0.4 is 4.74 Å². The van der Waals surface area contributed by atoms with E-state index in [1.807, 2.05) is 36.9 Å². The molecule has 3 nitrogen and oxygen atoms in total. The summed E-state index contributed by atoms with van der Waals surface area (Å²) in [7, 11) is 1.69. The molecule has 2 heterocycles. The molecule has 4 aromatic rings. The normalized spacial score (nSPS) is 11.2. The van der Waals surface area contributed by atoms with Gasteiger partial charge in [-0.15, -0.1) is 0 Å². The molecule has 0 bridgehead atoms. The van der Waals surface area contributed by atoms with E-state index in [1.54, 1.807) is 7.11 Å². The van der Waals surface area contributed by atoms with Gasteiger partial charge in [0, 0.05) is 35.6 Å². The zero-order valence-electron chi connectivity index (χ0n) is 11.0. The van der Waals surface area contributed by atoms with Crippen molar-refractivity contribution < 1.29 is 4.74 Å². The molecule has 0 aliphatic carbocycles. The van der Waals surface area contributed by atoms with Crippen LogP contribution in [0.15, 0.2) is 55.1 Å². The topological polar surface area (TPSA) is 35.0 Å². The third-order valence-electron chi connectivity index (χ3n) is 3.74. The van der Waals surface area contributed by atoms with Crippen molar-refractivity contribution in [3.05, 3.63) is 55.1 Å². The SMILES string of the molecule is COc1ccc2c3ccncc3c3cnccc3c2c1. The maximum atomic E-state index is 5.36. The van der Waals surface area contributed by atoms with Gasteiger partial charge in [0.2, 0.25) is 0 Å². The number of rotatable bonds is 1. The van der Waals surface area contributed by atoms with Crippen LogP contribution in [0, 0.1) is 0 Å². The van der Waals surface area contributed by atoms with Crippen molar-refractivity contribution in [3.8, 4) is 5.75 Å². The van der Waals surface area contributed by atoms with Crippen molar-refractivity contribution in [1.29, 1.82) is 0 Å². The van der Waals surface area contributed by atoms with Crippen LogP contribution in [0.5, 0.6) is 5.75 Å². The van der Waals surface area contributed by atoms with Gasteiger partial charge >= 0.3 is 0 Å². The maximum absolute atomic E-state index is 5.36. The van der Waals surface area contributed by atoms with E-state index in [-0.39, 0.29) is 0 Å². The standard InChI is InChI=1S/C17H12N2O/c1-20-11-2-3-12-13-4-6-18-9-16(13)17-10-19-7-5-14(17)15(12)8-11/h2-10H,1H3. The summed E-state index contributed by atoms with van der Waals surface area (Å²) < 4.78 is 5.36. The molecule has 0 aliphatic heterocycles.